The first-order chi connectivity index (χ1) is 15.1. The highest BCUT2D eigenvalue weighted by Crippen LogP contribution is 2.35. The van der Waals surface area contributed by atoms with Crippen LogP contribution in [0.5, 0.6) is 11.5 Å². The number of thioether (sulfide) groups is 1. The van der Waals surface area contributed by atoms with Gasteiger partial charge in [-0.25, -0.2) is 4.98 Å². The average molecular weight is 457 g/mol. The topological polar surface area (TPSA) is 92.3 Å². The molecule has 0 N–H and O–H groups in total. The molecule has 0 amide bonds. The van der Waals surface area contributed by atoms with Gasteiger partial charge >= 0.3 is 0 Å². The Bertz CT molecular complexity index is 1290. The van der Waals surface area contributed by atoms with Gasteiger partial charge in [-0.1, -0.05) is 30.8 Å². The van der Waals surface area contributed by atoms with Crippen molar-refractivity contribution in [2.75, 3.05) is 6.79 Å². The van der Waals surface area contributed by atoms with Gasteiger partial charge in [-0.15, -0.1) is 11.3 Å². The summed E-state index contributed by atoms with van der Waals surface area (Å²) in [6, 6.07) is 7.41. The molecule has 1 aliphatic heterocycles. The summed E-state index contributed by atoms with van der Waals surface area (Å²) in [5.41, 5.74) is 1.52. The number of hydrogen-bond acceptors (Lipinski definition) is 9. The van der Waals surface area contributed by atoms with Gasteiger partial charge < -0.3 is 14.0 Å². The van der Waals surface area contributed by atoms with Crippen LogP contribution in [0.2, 0.25) is 0 Å². The molecular weight excluding hydrogens is 436 g/mol. The lowest BCUT2D eigenvalue weighted by molar-refractivity contribution is 0.174. The number of nitrogens with zero attached hydrogens (tertiary/aromatic N) is 4. The second kappa shape index (κ2) is 8.35. The molecule has 5 rings (SSSR count). The maximum atomic E-state index is 13.0. The molecule has 1 aliphatic rings. The third kappa shape index (κ3) is 4.05. The maximum Gasteiger partial charge on any atom is 0.272 e. The van der Waals surface area contributed by atoms with E-state index in [1.54, 1.807) is 4.57 Å². The van der Waals surface area contributed by atoms with E-state index in [0.29, 0.717) is 51.3 Å². The minimum atomic E-state index is 0.00901. The largest absolute Gasteiger partial charge is 0.454 e. The summed E-state index contributed by atoms with van der Waals surface area (Å²) in [4.78, 5) is 22.2. The summed E-state index contributed by atoms with van der Waals surface area (Å²) in [5.74, 6) is 3.23. The SMILES string of the molecule is CC(C)CCn1c(SCc2nc(-c3ccc4c(c3)OCO4)no2)nc2ccsc2c1=O. The zero-order valence-corrected chi connectivity index (χ0v) is 18.7. The molecule has 0 aliphatic carbocycles. The van der Waals surface area contributed by atoms with Crippen molar-refractivity contribution >= 4 is 33.3 Å². The molecule has 31 heavy (non-hydrogen) atoms. The van der Waals surface area contributed by atoms with Crippen LogP contribution in [0.3, 0.4) is 0 Å². The Kier molecular flexibility index (Phi) is 5.41. The molecule has 0 atom stereocenters. The standard InChI is InChI=1S/C21H20N4O4S2/c1-12(2)5-7-25-20(26)18-14(6-8-30-18)22-21(25)31-10-17-23-19(24-29-17)13-3-4-15-16(9-13)28-11-27-15/h3-4,6,8-9,12H,5,7,10-11H2,1-2H3. The lowest BCUT2D eigenvalue weighted by Gasteiger charge is -2.12. The lowest BCUT2D eigenvalue weighted by Crippen LogP contribution is -2.23. The Morgan fingerprint density at radius 1 is 1.19 bits per heavy atom. The van der Waals surface area contributed by atoms with Crippen LogP contribution in [0.15, 0.2) is 44.1 Å². The van der Waals surface area contributed by atoms with E-state index in [2.05, 4.69) is 24.0 Å². The van der Waals surface area contributed by atoms with E-state index in [1.165, 1.54) is 23.1 Å². The molecule has 10 heteroatoms. The molecule has 0 unspecified atom stereocenters. The molecule has 0 spiro atoms. The Morgan fingerprint density at radius 2 is 2.06 bits per heavy atom. The molecule has 160 valence electrons. The molecular formula is C21H20N4O4S2. The zero-order chi connectivity index (χ0) is 21.4. The third-order valence-electron chi connectivity index (χ3n) is 4.88. The zero-order valence-electron chi connectivity index (χ0n) is 17.0. The Morgan fingerprint density at radius 3 is 2.94 bits per heavy atom. The highest BCUT2D eigenvalue weighted by molar-refractivity contribution is 7.98. The highest BCUT2D eigenvalue weighted by Gasteiger charge is 2.18. The maximum absolute atomic E-state index is 13.0. The van der Waals surface area contributed by atoms with Crippen molar-refractivity contribution in [1.29, 1.82) is 0 Å². The molecule has 0 bridgehead atoms. The van der Waals surface area contributed by atoms with Crippen molar-refractivity contribution in [3.05, 3.63) is 45.9 Å². The molecule has 4 heterocycles. The monoisotopic (exact) mass is 456 g/mol. The molecule has 0 fully saturated rings. The minimum absolute atomic E-state index is 0.00901. The van der Waals surface area contributed by atoms with Crippen LogP contribution in [-0.4, -0.2) is 26.5 Å². The Labute approximate surface area is 186 Å². The van der Waals surface area contributed by atoms with E-state index >= 15 is 0 Å². The third-order valence-corrected chi connectivity index (χ3v) is 6.74. The van der Waals surface area contributed by atoms with E-state index in [-0.39, 0.29) is 12.4 Å². The van der Waals surface area contributed by atoms with Crippen LogP contribution < -0.4 is 15.0 Å². The van der Waals surface area contributed by atoms with Crippen molar-refractivity contribution in [3.8, 4) is 22.9 Å². The van der Waals surface area contributed by atoms with Gasteiger partial charge in [0.2, 0.25) is 18.5 Å². The van der Waals surface area contributed by atoms with Crippen LogP contribution in [0, 0.1) is 5.92 Å². The number of benzene rings is 1. The van der Waals surface area contributed by atoms with Crippen molar-refractivity contribution in [2.24, 2.45) is 5.92 Å². The van der Waals surface area contributed by atoms with Crippen LogP contribution in [0.1, 0.15) is 26.2 Å². The number of ether oxygens (including phenoxy) is 2. The van der Waals surface area contributed by atoms with Crippen molar-refractivity contribution in [1.82, 2.24) is 19.7 Å². The van der Waals surface area contributed by atoms with Crippen LogP contribution in [0.25, 0.3) is 21.6 Å². The van der Waals surface area contributed by atoms with E-state index in [1.807, 2.05) is 29.6 Å². The number of hydrogen-bond donors (Lipinski definition) is 0. The number of aromatic nitrogens is 4. The quantitative estimate of drug-likeness (QED) is 0.295. The highest BCUT2D eigenvalue weighted by atomic mass is 32.2. The van der Waals surface area contributed by atoms with Gasteiger partial charge in [0.15, 0.2) is 16.7 Å². The van der Waals surface area contributed by atoms with Crippen LogP contribution in [-0.2, 0) is 12.3 Å². The van der Waals surface area contributed by atoms with Crippen molar-refractivity contribution < 1.29 is 14.0 Å². The summed E-state index contributed by atoms with van der Waals surface area (Å²) < 4.78 is 18.6. The van der Waals surface area contributed by atoms with E-state index in [9.17, 15) is 4.79 Å². The molecule has 0 radical (unpaired) electrons. The number of rotatable bonds is 7. The fourth-order valence-corrected chi connectivity index (χ4v) is 4.85. The van der Waals surface area contributed by atoms with Crippen molar-refractivity contribution in [3.63, 3.8) is 0 Å². The van der Waals surface area contributed by atoms with Gasteiger partial charge in [0, 0.05) is 12.1 Å². The molecule has 1 aromatic carbocycles. The van der Waals surface area contributed by atoms with E-state index in [0.717, 1.165) is 17.5 Å². The van der Waals surface area contributed by atoms with Crippen LogP contribution >= 0.6 is 23.1 Å². The molecule has 8 nitrogen and oxygen atoms in total. The predicted octanol–water partition coefficient (Wildman–Crippen LogP) is 4.58. The average Bonchev–Trinajstić information content (AvgIpc) is 3.51. The first kappa shape index (κ1) is 20.1. The summed E-state index contributed by atoms with van der Waals surface area (Å²) in [6.07, 6.45) is 0.904. The first-order valence-electron chi connectivity index (χ1n) is 9.92. The smallest absolute Gasteiger partial charge is 0.272 e. The van der Waals surface area contributed by atoms with Crippen LogP contribution in [0.4, 0.5) is 0 Å². The lowest BCUT2D eigenvalue weighted by atomic mass is 10.1. The van der Waals surface area contributed by atoms with E-state index < -0.39 is 0 Å². The number of fused-ring (bicyclic) bond motifs is 2. The Hall–Kier alpha value is -2.85. The molecule has 3 aromatic heterocycles. The van der Waals surface area contributed by atoms with E-state index in [4.69, 9.17) is 19.0 Å². The second-order valence-electron chi connectivity index (χ2n) is 7.54. The summed E-state index contributed by atoms with van der Waals surface area (Å²) >= 11 is 2.86. The van der Waals surface area contributed by atoms with Gasteiger partial charge in [-0.05, 0) is 42.0 Å². The van der Waals surface area contributed by atoms with Gasteiger partial charge in [0.25, 0.3) is 5.56 Å². The van der Waals surface area contributed by atoms with Crippen molar-refractivity contribution in [2.45, 2.75) is 37.7 Å². The first-order valence-corrected chi connectivity index (χ1v) is 11.8. The van der Waals surface area contributed by atoms with Gasteiger partial charge in [0.1, 0.15) is 4.70 Å². The predicted molar refractivity (Wildman–Crippen MR) is 119 cm³/mol. The second-order valence-corrected chi connectivity index (χ2v) is 9.40. The fourth-order valence-electron chi connectivity index (χ4n) is 3.21. The molecule has 0 saturated carbocycles. The summed E-state index contributed by atoms with van der Waals surface area (Å²) in [7, 11) is 0. The normalized spacial score (nSPS) is 12.9. The van der Waals surface area contributed by atoms with Gasteiger partial charge in [-0.2, -0.15) is 4.98 Å². The number of thiophene rings is 1. The molecule has 4 aromatic rings. The minimum Gasteiger partial charge on any atom is -0.454 e. The summed E-state index contributed by atoms with van der Waals surface area (Å²) in [5, 5.41) is 6.65. The fraction of sp³-hybridized carbons (Fsp3) is 0.333. The van der Waals surface area contributed by atoms with Gasteiger partial charge in [0.05, 0.1) is 11.3 Å². The van der Waals surface area contributed by atoms with Gasteiger partial charge in [-0.3, -0.25) is 9.36 Å². The summed E-state index contributed by atoms with van der Waals surface area (Å²) in [6.45, 7) is 5.13. The molecule has 0 saturated heterocycles. The Balaban J connectivity index is 1.37.